The zero-order valence-corrected chi connectivity index (χ0v) is 10.1. The van der Waals surface area contributed by atoms with E-state index in [1.54, 1.807) is 6.07 Å². The summed E-state index contributed by atoms with van der Waals surface area (Å²) < 4.78 is 6.82. The van der Waals surface area contributed by atoms with E-state index in [0.717, 1.165) is 6.42 Å². The van der Waals surface area contributed by atoms with Crippen LogP contribution in [0.1, 0.15) is 28.4 Å². The molecule has 2 aromatic rings. The quantitative estimate of drug-likeness (QED) is 0.894. The van der Waals surface area contributed by atoms with Crippen LogP contribution in [0.4, 0.5) is 0 Å². The molecule has 7 heteroatoms. The van der Waals surface area contributed by atoms with Gasteiger partial charge in [-0.25, -0.2) is 14.3 Å². The summed E-state index contributed by atoms with van der Waals surface area (Å²) in [6.07, 6.45) is 2.13. The fourth-order valence-corrected chi connectivity index (χ4v) is 2.40. The third kappa shape index (κ3) is 1.74. The average Bonchev–Trinajstić information content (AvgIpc) is 2.93. The van der Waals surface area contributed by atoms with Gasteiger partial charge in [-0.2, -0.15) is 5.10 Å². The Morgan fingerprint density at radius 2 is 2.44 bits per heavy atom. The molecule has 2 aromatic heterocycles. The minimum absolute atomic E-state index is 0.0116. The number of halogens is 1. The molecule has 0 spiro atoms. The number of aromatic nitrogens is 3. The second-order valence-corrected chi connectivity index (χ2v) is 4.55. The molecule has 3 rings (SSSR count). The second kappa shape index (κ2) is 4.22. The molecule has 1 fully saturated rings. The molecule has 1 N–H and O–H groups in total. The SMILES string of the molecule is O=C(O)c1cnc2cc(Cl)nn2c1C1CCOC1. The standard InChI is InChI=1S/C11H10ClN3O3/c12-8-3-9-13-4-7(11(16)17)10(15(9)14-8)6-1-2-18-5-6/h3-4,6H,1-2,5H2,(H,16,17). The van der Waals surface area contributed by atoms with Crippen molar-refractivity contribution in [1.29, 1.82) is 0 Å². The number of fused-ring (bicyclic) bond motifs is 1. The maximum Gasteiger partial charge on any atom is 0.339 e. The summed E-state index contributed by atoms with van der Waals surface area (Å²) in [5.41, 5.74) is 1.31. The molecule has 6 nitrogen and oxygen atoms in total. The van der Waals surface area contributed by atoms with Crippen molar-refractivity contribution < 1.29 is 14.6 Å². The maximum atomic E-state index is 11.3. The summed E-state index contributed by atoms with van der Waals surface area (Å²) in [4.78, 5) is 15.3. The van der Waals surface area contributed by atoms with Crippen molar-refractivity contribution in [3.63, 3.8) is 0 Å². The van der Waals surface area contributed by atoms with E-state index in [0.29, 0.717) is 29.7 Å². The predicted octanol–water partition coefficient (Wildman–Crippen LogP) is 1.58. The van der Waals surface area contributed by atoms with E-state index >= 15 is 0 Å². The van der Waals surface area contributed by atoms with Crippen molar-refractivity contribution >= 4 is 23.2 Å². The third-order valence-electron chi connectivity index (χ3n) is 3.04. The molecule has 0 aliphatic carbocycles. The number of aromatic carboxylic acids is 1. The van der Waals surface area contributed by atoms with Gasteiger partial charge in [0.1, 0.15) is 0 Å². The smallest absolute Gasteiger partial charge is 0.339 e. The summed E-state index contributed by atoms with van der Waals surface area (Å²) in [7, 11) is 0. The number of hydrogen-bond donors (Lipinski definition) is 1. The van der Waals surface area contributed by atoms with Gasteiger partial charge in [0.2, 0.25) is 0 Å². The van der Waals surface area contributed by atoms with Gasteiger partial charge in [0.05, 0.1) is 17.9 Å². The highest BCUT2D eigenvalue weighted by Gasteiger charge is 2.27. The topological polar surface area (TPSA) is 76.7 Å². The van der Waals surface area contributed by atoms with Crippen LogP contribution in [0.5, 0.6) is 0 Å². The first-order chi connectivity index (χ1) is 8.66. The summed E-state index contributed by atoms with van der Waals surface area (Å²) in [5, 5.41) is 13.6. The van der Waals surface area contributed by atoms with E-state index in [2.05, 4.69) is 10.1 Å². The number of ether oxygens (including phenoxy) is 1. The van der Waals surface area contributed by atoms with Crippen LogP contribution in [0.3, 0.4) is 0 Å². The largest absolute Gasteiger partial charge is 0.478 e. The van der Waals surface area contributed by atoms with Crippen LogP contribution in [0.15, 0.2) is 12.3 Å². The predicted molar refractivity (Wildman–Crippen MR) is 63.1 cm³/mol. The van der Waals surface area contributed by atoms with Crippen molar-refractivity contribution in [1.82, 2.24) is 14.6 Å². The van der Waals surface area contributed by atoms with Gasteiger partial charge in [0.15, 0.2) is 10.8 Å². The Hall–Kier alpha value is -1.66. The van der Waals surface area contributed by atoms with E-state index in [1.165, 1.54) is 10.7 Å². The molecule has 0 radical (unpaired) electrons. The first-order valence-electron chi connectivity index (χ1n) is 5.52. The molecule has 0 amide bonds. The number of carbonyl (C=O) groups is 1. The normalized spacial score (nSPS) is 19.5. The van der Waals surface area contributed by atoms with Crippen LogP contribution in [0.25, 0.3) is 5.65 Å². The lowest BCUT2D eigenvalue weighted by molar-refractivity contribution is 0.0693. The number of rotatable bonds is 2. The van der Waals surface area contributed by atoms with Gasteiger partial charge >= 0.3 is 5.97 Å². The monoisotopic (exact) mass is 267 g/mol. The van der Waals surface area contributed by atoms with Gasteiger partial charge < -0.3 is 9.84 Å². The van der Waals surface area contributed by atoms with Gasteiger partial charge in [-0.15, -0.1) is 0 Å². The Kier molecular flexibility index (Phi) is 2.68. The van der Waals surface area contributed by atoms with Crippen LogP contribution >= 0.6 is 11.6 Å². The first kappa shape index (κ1) is 11.4. The van der Waals surface area contributed by atoms with Crippen molar-refractivity contribution in [2.75, 3.05) is 13.2 Å². The lowest BCUT2D eigenvalue weighted by Gasteiger charge is -2.12. The average molecular weight is 268 g/mol. The van der Waals surface area contributed by atoms with Gasteiger partial charge in [-0.3, -0.25) is 0 Å². The van der Waals surface area contributed by atoms with Gasteiger partial charge in [0, 0.05) is 24.8 Å². The maximum absolute atomic E-state index is 11.3. The van der Waals surface area contributed by atoms with E-state index in [1.807, 2.05) is 0 Å². The van der Waals surface area contributed by atoms with Crippen LogP contribution in [0.2, 0.25) is 5.15 Å². The van der Waals surface area contributed by atoms with E-state index in [4.69, 9.17) is 16.3 Å². The Labute approximate surface area is 107 Å². The molecule has 94 valence electrons. The summed E-state index contributed by atoms with van der Waals surface area (Å²) >= 11 is 5.84. The van der Waals surface area contributed by atoms with Gasteiger partial charge in [0.25, 0.3) is 0 Å². The highest BCUT2D eigenvalue weighted by Crippen LogP contribution is 2.28. The molecule has 1 aliphatic rings. The van der Waals surface area contributed by atoms with Crippen LogP contribution < -0.4 is 0 Å². The van der Waals surface area contributed by atoms with Crippen molar-refractivity contribution in [3.05, 3.63) is 28.7 Å². The number of carboxylic acids is 1. The minimum atomic E-state index is -1.02. The van der Waals surface area contributed by atoms with Crippen LogP contribution in [-0.2, 0) is 4.74 Å². The third-order valence-corrected chi connectivity index (χ3v) is 3.22. The second-order valence-electron chi connectivity index (χ2n) is 4.16. The molecular formula is C11H10ClN3O3. The van der Waals surface area contributed by atoms with E-state index < -0.39 is 5.97 Å². The molecule has 1 saturated heterocycles. The summed E-state index contributed by atoms with van der Waals surface area (Å²) in [6.45, 7) is 1.12. The van der Waals surface area contributed by atoms with Crippen molar-refractivity contribution in [2.45, 2.75) is 12.3 Å². The molecule has 0 saturated carbocycles. The number of carboxylic acid groups (broad SMARTS) is 1. The molecule has 0 bridgehead atoms. The van der Waals surface area contributed by atoms with Gasteiger partial charge in [-0.1, -0.05) is 11.6 Å². The molecule has 1 unspecified atom stereocenters. The highest BCUT2D eigenvalue weighted by molar-refractivity contribution is 6.29. The summed E-state index contributed by atoms with van der Waals surface area (Å²) in [5.74, 6) is -1.00. The summed E-state index contributed by atoms with van der Waals surface area (Å²) in [6, 6.07) is 1.60. The van der Waals surface area contributed by atoms with Crippen LogP contribution in [-0.4, -0.2) is 38.9 Å². The minimum Gasteiger partial charge on any atom is -0.478 e. The fraction of sp³-hybridized carbons (Fsp3) is 0.364. The Bertz CT molecular complexity index is 619. The zero-order valence-electron chi connectivity index (χ0n) is 9.34. The van der Waals surface area contributed by atoms with Gasteiger partial charge in [-0.05, 0) is 6.42 Å². The Balaban J connectivity index is 2.27. The fourth-order valence-electron chi connectivity index (χ4n) is 2.23. The molecule has 1 aliphatic heterocycles. The molecule has 3 heterocycles. The first-order valence-corrected chi connectivity index (χ1v) is 5.90. The van der Waals surface area contributed by atoms with E-state index in [-0.39, 0.29) is 11.5 Å². The lowest BCUT2D eigenvalue weighted by Crippen LogP contribution is -2.14. The van der Waals surface area contributed by atoms with E-state index in [9.17, 15) is 9.90 Å². The zero-order chi connectivity index (χ0) is 12.7. The lowest BCUT2D eigenvalue weighted by atomic mass is 10.0. The molecule has 1 atom stereocenters. The molecular weight excluding hydrogens is 258 g/mol. The molecule has 18 heavy (non-hydrogen) atoms. The van der Waals surface area contributed by atoms with Crippen molar-refractivity contribution in [3.8, 4) is 0 Å². The van der Waals surface area contributed by atoms with Crippen molar-refractivity contribution in [2.24, 2.45) is 0 Å². The molecule has 0 aromatic carbocycles. The van der Waals surface area contributed by atoms with Crippen LogP contribution in [0, 0.1) is 0 Å². The Morgan fingerprint density at radius 3 is 3.11 bits per heavy atom. The Morgan fingerprint density at radius 1 is 1.61 bits per heavy atom. The highest BCUT2D eigenvalue weighted by atomic mass is 35.5. The number of hydrogen-bond acceptors (Lipinski definition) is 4. The number of nitrogens with zero attached hydrogens (tertiary/aromatic N) is 3.